The van der Waals surface area contributed by atoms with Crippen LogP contribution in [0, 0.1) is 0 Å². The molecule has 0 saturated carbocycles. The molecule has 0 radical (unpaired) electrons. The molecule has 1 fully saturated rings. The smallest absolute Gasteiger partial charge is 0.237 e. The summed E-state index contributed by atoms with van der Waals surface area (Å²) in [6.07, 6.45) is -0.494. The number of nitrogens with zero attached hydrogens (tertiary/aromatic N) is 1. The number of carbonyl (C=O) groups excluding carboxylic acids is 2. The molecule has 17 heavy (non-hydrogen) atoms. The Balaban J connectivity index is 1.89. The highest BCUT2D eigenvalue weighted by Gasteiger charge is 2.41. The van der Waals surface area contributed by atoms with Crippen molar-refractivity contribution in [3.63, 3.8) is 0 Å². The maximum absolute atomic E-state index is 12.1. The van der Waals surface area contributed by atoms with Gasteiger partial charge in [0.2, 0.25) is 5.91 Å². The lowest BCUT2D eigenvalue weighted by molar-refractivity contribution is -0.119. The van der Waals surface area contributed by atoms with Gasteiger partial charge in [-0.05, 0) is 12.0 Å². The van der Waals surface area contributed by atoms with Crippen molar-refractivity contribution >= 4 is 11.7 Å². The number of aliphatic hydroxyl groups excluding tert-OH is 1. The molecular weight excluding hydrogens is 220 g/mol. The number of hydrogen-bond donors (Lipinski definition) is 2. The van der Waals surface area contributed by atoms with Gasteiger partial charge in [-0.15, -0.1) is 0 Å². The van der Waals surface area contributed by atoms with Gasteiger partial charge in [0, 0.05) is 5.56 Å². The van der Waals surface area contributed by atoms with E-state index in [-0.39, 0.29) is 18.2 Å². The van der Waals surface area contributed by atoms with Crippen molar-refractivity contribution in [2.45, 2.75) is 18.8 Å². The Bertz CT molecular complexity index is 500. The van der Waals surface area contributed by atoms with E-state index in [0.717, 1.165) is 5.56 Å². The highest BCUT2D eigenvalue weighted by atomic mass is 16.3. The van der Waals surface area contributed by atoms with Gasteiger partial charge in [-0.2, -0.15) is 0 Å². The summed E-state index contributed by atoms with van der Waals surface area (Å²) in [6.45, 7) is 0.0750. The van der Waals surface area contributed by atoms with E-state index in [9.17, 15) is 14.7 Å². The average Bonchev–Trinajstić information content (AvgIpc) is 2.80. The fourth-order valence-corrected chi connectivity index (χ4v) is 2.49. The van der Waals surface area contributed by atoms with E-state index in [1.54, 1.807) is 6.07 Å². The van der Waals surface area contributed by atoms with Gasteiger partial charge < -0.3 is 10.4 Å². The average molecular weight is 232 g/mol. The second-order valence-electron chi connectivity index (χ2n) is 4.35. The van der Waals surface area contributed by atoms with Gasteiger partial charge in [-0.3, -0.25) is 9.59 Å². The van der Waals surface area contributed by atoms with E-state index in [1.165, 1.54) is 4.90 Å². The maximum Gasteiger partial charge on any atom is 0.237 e. The largest absolute Gasteiger partial charge is 0.361 e. The SMILES string of the molecule is O=C1CN(C2Cc3ccccc3C2=O)C(O)N1. The lowest BCUT2D eigenvalue weighted by atomic mass is 10.1. The fraction of sp³-hybridized carbons (Fsp3) is 0.333. The summed E-state index contributed by atoms with van der Waals surface area (Å²) in [4.78, 5) is 24.8. The Morgan fingerprint density at radius 3 is 2.71 bits per heavy atom. The molecule has 1 amide bonds. The summed E-state index contributed by atoms with van der Waals surface area (Å²) in [5.41, 5.74) is 1.68. The number of carbonyl (C=O) groups is 2. The zero-order chi connectivity index (χ0) is 12.0. The predicted octanol–water partition coefficient (Wildman–Crippen LogP) is -0.498. The topological polar surface area (TPSA) is 69.6 Å². The third-order valence-electron chi connectivity index (χ3n) is 3.33. The fourth-order valence-electron chi connectivity index (χ4n) is 2.49. The zero-order valence-electron chi connectivity index (χ0n) is 9.09. The first-order valence-corrected chi connectivity index (χ1v) is 5.52. The molecule has 5 heteroatoms. The van der Waals surface area contributed by atoms with Gasteiger partial charge in [0.05, 0.1) is 12.6 Å². The Morgan fingerprint density at radius 2 is 2.06 bits per heavy atom. The highest BCUT2D eigenvalue weighted by Crippen LogP contribution is 2.26. The van der Waals surface area contributed by atoms with E-state index in [0.29, 0.717) is 12.0 Å². The van der Waals surface area contributed by atoms with Crippen LogP contribution in [0.25, 0.3) is 0 Å². The van der Waals surface area contributed by atoms with E-state index < -0.39 is 12.4 Å². The number of fused-ring (bicyclic) bond motifs is 1. The number of ketones is 1. The van der Waals surface area contributed by atoms with Gasteiger partial charge in [-0.1, -0.05) is 24.3 Å². The van der Waals surface area contributed by atoms with Crippen molar-refractivity contribution in [3.8, 4) is 0 Å². The minimum Gasteiger partial charge on any atom is -0.361 e. The molecule has 5 nitrogen and oxygen atoms in total. The molecule has 1 heterocycles. The summed E-state index contributed by atoms with van der Waals surface area (Å²) in [5, 5.41) is 12.0. The Hall–Kier alpha value is -1.72. The van der Waals surface area contributed by atoms with Crippen LogP contribution in [0.5, 0.6) is 0 Å². The number of hydrogen-bond acceptors (Lipinski definition) is 4. The van der Waals surface area contributed by atoms with Crippen LogP contribution in [0.4, 0.5) is 0 Å². The number of aliphatic hydroxyl groups is 1. The number of benzene rings is 1. The molecule has 88 valence electrons. The van der Waals surface area contributed by atoms with Crippen LogP contribution in [-0.2, 0) is 11.2 Å². The minimum atomic E-state index is -1.05. The number of Topliss-reactive ketones (excluding diaryl/α,β-unsaturated/α-hetero) is 1. The summed E-state index contributed by atoms with van der Waals surface area (Å²) in [6, 6.07) is 6.97. The van der Waals surface area contributed by atoms with Gasteiger partial charge in [0.25, 0.3) is 0 Å². The summed E-state index contributed by atoms with van der Waals surface area (Å²) < 4.78 is 0. The normalized spacial score (nSPS) is 28.3. The van der Waals surface area contributed by atoms with Gasteiger partial charge >= 0.3 is 0 Å². The molecule has 2 aliphatic rings. The van der Waals surface area contributed by atoms with E-state index in [2.05, 4.69) is 5.32 Å². The van der Waals surface area contributed by atoms with Crippen molar-refractivity contribution in [2.24, 2.45) is 0 Å². The molecule has 1 aliphatic heterocycles. The number of nitrogens with one attached hydrogen (secondary N) is 1. The Labute approximate surface area is 98.0 Å². The van der Waals surface area contributed by atoms with E-state index >= 15 is 0 Å². The van der Waals surface area contributed by atoms with Crippen molar-refractivity contribution < 1.29 is 14.7 Å². The van der Waals surface area contributed by atoms with Crippen molar-refractivity contribution in [3.05, 3.63) is 35.4 Å². The Kier molecular flexibility index (Phi) is 2.24. The maximum atomic E-state index is 12.1. The molecule has 0 bridgehead atoms. The van der Waals surface area contributed by atoms with E-state index in [4.69, 9.17) is 0 Å². The van der Waals surface area contributed by atoms with Crippen molar-refractivity contribution in [2.75, 3.05) is 6.54 Å². The first-order valence-electron chi connectivity index (χ1n) is 5.52. The number of rotatable bonds is 1. The lowest BCUT2D eigenvalue weighted by Crippen LogP contribution is -2.45. The summed E-state index contributed by atoms with van der Waals surface area (Å²) in [5.74, 6) is -0.266. The second-order valence-corrected chi connectivity index (χ2v) is 4.35. The molecule has 1 aromatic rings. The van der Waals surface area contributed by atoms with Crippen LogP contribution in [-0.4, -0.2) is 40.6 Å². The van der Waals surface area contributed by atoms with Crippen LogP contribution >= 0.6 is 0 Å². The van der Waals surface area contributed by atoms with Crippen LogP contribution in [0.1, 0.15) is 15.9 Å². The standard InChI is InChI=1S/C12H12N2O3/c15-10-6-14(12(17)13-10)9-5-7-3-1-2-4-8(7)11(9)16/h1-4,9,12,17H,5-6H2,(H,13,15). The zero-order valence-corrected chi connectivity index (χ0v) is 9.09. The van der Waals surface area contributed by atoms with Crippen LogP contribution in [0.2, 0.25) is 0 Å². The van der Waals surface area contributed by atoms with Gasteiger partial charge in [0.1, 0.15) is 0 Å². The molecule has 1 saturated heterocycles. The summed E-state index contributed by atoms with van der Waals surface area (Å²) in [7, 11) is 0. The quantitative estimate of drug-likeness (QED) is 0.685. The van der Waals surface area contributed by atoms with Crippen LogP contribution in [0.3, 0.4) is 0 Å². The van der Waals surface area contributed by atoms with Crippen LogP contribution in [0.15, 0.2) is 24.3 Å². The van der Waals surface area contributed by atoms with Gasteiger partial charge in [-0.25, -0.2) is 4.90 Å². The molecule has 2 N–H and O–H groups in total. The van der Waals surface area contributed by atoms with Crippen molar-refractivity contribution in [1.29, 1.82) is 0 Å². The number of amides is 1. The molecule has 0 aromatic heterocycles. The summed E-state index contributed by atoms with van der Waals surface area (Å²) >= 11 is 0. The van der Waals surface area contributed by atoms with Gasteiger partial charge in [0.15, 0.2) is 12.1 Å². The molecule has 1 aromatic carbocycles. The first kappa shape index (κ1) is 10.4. The molecular formula is C12H12N2O3. The monoisotopic (exact) mass is 232 g/mol. The highest BCUT2D eigenvalue weighted by molar-refractivity contribution is 6.04. The van der Waals surface area contributed by atoms with E-state index in [1.807, 2.05) is 18.2 Å². The molecule has 2 unspecified atom stereocenters. The van der Waals surface area contributed by atoms with Crippen molar-refractivity contribution in [1.82, 2.24) is 10.2 Å². The molecule has 2 atom stereocenters. The molecule has 0 spiro atoms. The molecule has 1 aliphatic carbocycles. The first-order chi connectivity index (χ1) is 8.16. The predicted molar refractivity (Wildman–Crippen MR) is 59.1 cm³/mol. The third-order valence-corrected chi connectivity index (χ3v) is 3.33. The Morgan fingerprint density at radius 1 is 1.29 bits per heavy atom. The molecule has 3 rings (SSSR count). The minimum absolute atomic E-state index is 0.0175. The lowest BCUT2D eigenvalue weighted by Gasteiger charge is -2.23. The third kappa shape index (κ3) is 1.55. The second kappa shape index (κ2) is 3.65. The van der Waals surface area contributed by atoms with Crippen LogP contribution < -0.4 is 5.32 Å².